The van der Waals surface area contributed by atoms with Crippen LogP contribution in [0.3, 0.4) is 0 Å². The van der Waals surface area contributed by atoms with Crippen LogP contribution in [0.4, 0.5) is 14.5 Å². The lowest BCUT2D eigenvalue weighted by atomic mass is 10.1. The smallest absolute Gasteiger partial charge is 0.251 e. The van der Waals surface area contributed by atoms with Gasteiger partial charge in [0, 0.05) is 26.2 Å². The molecule has 0 spiro atoms. The number of nitrogens with one attached hydrogen (secondary N) is 1. The van der Waals surface area contributed by atoms with Crippen molar-refractivity contribution in [3.05, 3.63) is 59.2 Å². The van der Waals surface area contributed by atoms with Crippen LogP contribution in [0.1, 0.15) is 15.9 Å². The Balaban J connectivity index is 2.04. The summed E-state index contributed by atoms with van der Waals surface area (Å²) in [4.78, 5) is 13.7. The third-order valence-electron chi connectivity index (χ3n) is 3.36. The number of methoxy groups -OCH3 is 1. The molecule has 122 valence electrons. The Morgan fingerprint density at radius 1 is 1.13 bits per heavy atom. The lowest BCUT2D eigenvalue weighted by Gasteiger charge is -2.14. The normalized spacial score (nSPS) is 10.3. The molecule has 0 aliphatic carbocycles. The second kappa shape index (κ2) is 7.09. The first-order valence-corrected chi connectivity index (χ1v) is 7.00. The number of ether oxygens (including phenoxy) is 1. The molecular weight excluding hydrogens is 302 g/mol. The Morgan fingerprint density at radius 2 is 1.87 bits per heavy atom. The molecule has 0 saturated heterocycles. The van der Waals surface area contributed by atoms with Gasteiger partial charge in [-0.3, -0.25) is 4.79 Å². The summed E-state index contributed by atoms with van der Waals surface area (Å²) in [7, 11) is 4.85. The second-order valence-corrected chi connectivity index (χ2v) is 5.21. The summed E-state index contributed by atoms with van der Waals surface area (Å²) in [5, 5.41) is 2.63. The van der Waals surface area contributed by atoms with Gasteiger partial charge in [0.15, 0.2) is 11.6 Å². The van der Waals surface area contributed by atoms with E-state index in [4.69, 9.17) is 4.74 Å². The van der Waals surface area contributed by atoms with Gasteiger partial charge in [-0.2, -0.15) is 0 Å². The Morgan fingerprint density at radius 3 is 2.43 bits per heavy atom. The molecule has 2 aromatic rings. The third kappa shape index (κ3) is 3.97. The van der Waals surface area contributed by atoms with Crippen LogP contribution >= 0.6 is 0 Å². The molecule has 0 aliphatic rings. The molecule has 0 aliphatic heterocycles. The first kappa shape index (κ1) is 16.7. The van der Waals surface area contributed by atoms with E-state index in [-0.39, 0.29) is 23.7 Å². The van der Waals surface area contributed by atoms with Crippen molar-refractivity contribution in [1.29, 1.82) is 0 Å². The van der Waals surface area contributed by atoms with Gasteiger partial charge in [-0.15, -0.1) is 0 Å². The number of rotatable bonds is 5. The number of hydrogen-bond acceptors (Lipinski definition) is 3. The maximum Gasteiger partial charge on any atom is 0.251 e. The van der Waals surface area contributed by atoms with Crippen molar-refractivity contribution in [3.8, 4) is 5.75 Å². The Kier molecular flexibility index (Phi) is 5.16. The van der Waals surface area contributed by atoms with Crippen LogP contribution in [0.2, 0.25) is 0 Å². The average Bonchev–Trinajstić information content (AvgIpc) is 2.52. The molecule has 0 unspecified atom stereocenters. The van der Waals surface area contributed by atoms with Crippen molar-refractivity contribution in [2.45, 2.75) is 6.54 Å². The van der Waals surface area contributed by atoms with Crippen LogP contribution < -0.4 is 15.0 Å². The first-order chi connectivity index (χ1) is 10.9. The highest BCUT2D eigenvalue weighted by atomic mass is 19.1. The summed E-state index contributed by atoms with van der Waals surface area (Å²) in [5.74, 6) is -1.34. The first-order valence-electron chi connectivity index (χ1n) is 7.00. The monoisotopic (exact) mass is 320 g/mol. The average molecular weight is 320 g/mol. The molecule has 0 saturated carbocycles. The molecule has 23 heavy (non-hydrogen) atoms. The molecule has 4 nitrogen and oxygen atoms in total. The molecule has 6 heteroatoms. The number of carbonyl (C=O) groups is 1. The van der Waals surface area contributed by atoms with Gasteiger partial charge in [0.25, 0.3) is 5.91 Å². The van der Waals surface area contributed by atoms with Crippen molar-refractivity contribution in [2.24, 2.45) is 0 Å². The number of amides is 1. The summed E-state index contributed by atoms with van der Waals surface area (Å²) in [6, 6.07) is 8.69. The standard InChI is InChI=1S/C17H18F2N2O2/c1-21(2)15-6-4-11(8-13(15)18)10-20-17(22)12-5-7-16(23-3)14(19)9-12/h4-9H,10H2,1-3H3,(H,20,22). The summed E-state index contributed by atoms with van der Waals surface area (Å²) >= 11 is 0. The van der Waals surface area contributed by atoms with Crippen LogP contribution in [0, 0.1) is 11.6 Å². The minimum Gasteiger partial charge on any atom is -0.494 e. The number of hydrogen-bond donors (Lipinski definition) is 1. The highest BCUT2D eigenvalue weighted by molar-refractivity contribution is 5.94. The summed E-state index contributed by atoms with van der Waals surface area (Å²) in [6.45, 7) is 0.150. The maximum atomic E-state index is 13.9. The summed E-state index contributed by atoms with van der Waals surface area (Å²) < 4.78 is 32.3. The van der Waals surface area contributed by atoms with Gasteiger partial charge < -0.3 is 15.0 Å². The van der Waals surface area contributed by atoms with Gasteiger partial charge in [0.05, 0.1) is 12.8 Å². The van der Waals surface area contributed by atoms with Gasteiger partial charge in [0.1, 0.15) is 5.82 Å². The highest BCUT2D eigenvalue weighted by Crippen LogP contribution is 2.19. The minimum atomic E-state index is -0.610. The lowest BCUT2D eigenvalue weighted by Crippen LogP contribution is -2.23. The third-order valence-corrected chi connectivity index (χ3v) is 3.36. The zero-order chi connectivity index (χ0) is 17.0. The maximum absolute atomic E-state index is 13.9. The molecule has 0 aromatic heterocycles. The molecule has 0 atom stereocenters. The van der Waals surface area contributed by atoms with Crippen LogP contribution in [0.25, 0.3) is 0 Å². The number of benzene rings is 2. The van der Waals surface area contributed by atoms with Crippen molar-refractivity contribution in [1.82, 2.24) is 5.32 Å². The van der Waals surface area contributed by atoms with Gasteiger partial charge >= 0.3 is 0 Å². The van der Waals surface area contributed by atoms with E-state index in [0.29, 0.717) is 11.3 Å². The highest BCUT2D eigenvalue weighted by Gasteiger charge is 2.11. The van der Waals surface area contributed by atoms with Crippen LogP contribution in [0.15, 0.2) is 36.4 Å². The van der Waals surface area contributed by atoms with E-state index < -0.39 is 11.7 Å². The predicted molar refractivity (Wildman–Crippen MR) is 84.8 cm³/mol. The van der Waals surface area contributed by atoms with E-state index >= 15 is 0 Å². The molecule has 2 aromatic carbocycles. The predicted octanol–water partition coefficient (Wildman–Crippen LogP) is 2.97. The van der Waals surface area contributed by atoms with E-state index in [1.54, 1.807) is 31.1 Å². The fourth-order valence-corrected chi connectivity index (χ4v) is 2.12. The van der Waals surface area contributed by atoms with E-state index in [1.165, 1.54) is 25.3 Å². The van der Waals surface area contributed by atoms with Gasteiger partial charge in [0.2, 0.25) is 0 Å². The molecule has 0 fully saturated rings. The van der Waals surface area contributed by atoms with Gasteiger partial charge in [-0.05, 0) is 35.9 Å². The van der Waals surface area contributed by atoms with Crippen LogP contribution in [0.5, 0.6) is 5.75 Å². The molecule has 1 amide bonds. The molecule has 0 heterocycles. The number of anilines is 1. The Bertz CT molecular complexity index is 718. The van der Waals surface area contributed by atoms with Crippen molar-refractivity contribution >= 4 is 11.6 Å². The zero-order valence-electron chi connectivity index (χ0n) is 13.2. The fraction of sp³-hybridized carbons (Fsp3) is 0.235. The quantitative estimate of drug-likeness (QED) is 0.921. The van der Waals surface area contributed by atoms with Crippen LogP contribution in [-0.4, -0.2) is 27.1 Å². The lowest BCUT2D eigenvalue weighted by molar-refractivity contribution is 0.0950. The SMILES string of the molecule is COc1ccc(C(=O)NCc2ccc(N(C)C)c(F)c2)cc1F. The Hall–Kier alpha value is -2.63. The van der Waals surface area contributed by atoms with Gasteiger partial charge in [-0.25, -0.2) is 8.78 Å². The fourth-order valence-electron chi connectivity index (χ4n) is 2.12. The van der Waals surface area contributed by atoms with Crippen molar-refractivity contribution in [3.63, 3.8) is 0 Å². The van der Waals surface area contributed by atoms with E-state index in [2.05, 4.69) is 5.32 Å². The zero-order valence-corrected chi connectivity index (χ0v) is 13.2. The Labute approximate surface area is 133 Å². The van der Waals surface area contributed by atoms with E-state index in [1.807, 2.05) is 0 Å². The summed E-state index contributed by atoms with van der Waals surface area (Å²) in [6.07, 6.45) is 0. The molecule has 2 rings (SSSR count). The minimum absolute atomic E-state index is 0.0721. The van der Waals surface area contributed by atoms with E-state index in [9.17, 15) is 13.6 Å². The van der Waals surface area contributed by atoms with Gasteiger partial charge in [-0.1, -0.05) is 6.07 Å². The topological polar surface area (TPSA) is 41.6 Å². The number of carbonyl (C=O) groups excluding carboxylic acids is 1. The molecule has 0 bridgehead atoms. The summed E-state index contributed by atoms with van der Waals surface area (Å²) in [5.41, 5.74) is 1.27. The molecule has 0 radical (unpaired) electrons. The second-order valence-electron chi connectivity index (χ2n) is 5.21. The largest absolute Gasteiger partial charge is 0.494 e. The van der Waals surface area contributed by atoms with E-state index in [0.717, 1.165) is 6.07 Å². The molecule has 1 N–H and O–H groups in total. The van der Waals surface area contributed by atoms with Crippen molar-refractivity contribution < 1.29 is 18.3 Å². The molecular formula is C17H18F2N2O2. The van der Waals surface area contributed by atoms with Crippen molar-refractivity contribution in [2.75, 3.05) is 26.1 Å². The van der Waals surface area contributed by atoms with Crippen LogP contribution in [-0.2, 0) is 6.54 Å². The number of halogens is 2. The number of nitrogens with zero attached hydrogens (tertiary/aromatic N) is 1.